The first kappa shape index (κ1) is 24.6. The van der Waals surface area contributed by atoms with Crippen molar-refractivity contribution in [3.63, 3.8) is 0 Å². The summed E-state index contributed by atoms with van der Waals surface area (Å²) in [7, 11) is 3.11. The molecular formula is C27H25N3O6. The van der Waals surface area contributed by atoms with Crippen LogP contribution in [0.3, 0.4) is 0 Å². The van der Waals surface area contributed by atoms with Gasteiger partial charge in [-0.1, -0.05) is 24.3 Å². The molecule has 184 valence electrons. The summed E-state index contributed by atoms with van der Waals surface area (Å²) in [5.74, 6) is 0.852. The van der Waals surface area contributed by atoms with E-state index in [4.69, 9.17) is 18.9 Å². The van der Waals surface area contributed by atoms with Crippen molar-refractivity contribution < 1.29 is 28.5 Å². The van der Waals surface area contributed by atoms with Crippen LogP contribution in [0.15, 0.2) is 79.0 Å². The number of carbonyl (C=O) groups is 2. The molecule has 1 N–H and O–H groups in total. The molecule has 0 aliphatic heterocycles. The highest BCUT2D eigenvalue weighted by molar-refractivity contribution is 6.20. The van der Waals surface area contributed by atoms with E-state index >= 15 is 0 Å². The van der Waals surface area contributed by atoms with Crippen LogP contribution < -0.4 is 19.5 Å². The van der Waals surface area contributed by atoms with Crippen molar-refractivity contribution in [3.05, 3.63) is 84.6 Å². The minimum absolute atomic E-state index is 0.0610. The summed E-state index contributed by atoms with van der Waals surface area (Å²) in [6.07, 6.45) is 6.02. The van der Waals surface area contributed by atoms with Gasteiger partial charge >= 0.3 is 0 Å². The number of carbonyl (C=O) groups excluding carboxylic acids is 2. The van der Waals surface area contributed by atoms with Crippen LogP contribution in [0.5, 0.6) is 17.2 Å². The number of hydrogen-bond donors (Lipinski definition) is 1. The van der Waals surface area contributed by atoms with Gasteiger partial charge in [-0.2, -0.15) is 0 Å². The Morgan fingerprint density at radius 3 is 2.58 bits per heavy atom. The van der Waals surface area contributed by atoms with E-state index in [0.717, 1.165) is 5.56 Å². The number of anilines is 1. The van der Waals surface area contributed by atoms with E-state index in [1.807, 2.05) is 12.1 Å². The van der Waals surface area contributed by atoms with Crippen LogP contribution in [-0.2, 0) is 20.7 Å². The SMILES string of the molecule is C=CCc1ccccc1OC1=CC(=O)C(Nc2ncnc3cc(OCCOC)c(OC)cc23)=CC1=O. The molecule has 0 radical (unpaired) electrons. The Labute approximate surface area is 208 Å². The van der Waals surface area contributed by atoms with E-state index < -0.39 is 11.6 Å². The first-order valence-electron chi connectivity index (χ1n) is 11.1. The summed E-state index contributed by atoms with van der Waals surface area (Å²) in [5, 5.41) is 3.54. The van der Waals surface area contributed by atoms with E-state index in [9.17, 15) is 9.59 Å². The molecule has 0 atom stereocenters. The van der Waals surface area contributed by atoms with Gasteiger partial charge in [0, 0.05) is 30.7 Å². The van der Waals surface area contributed by atoms with Gasteiger partial charge in [0.25, 0.3) is 0 Å². The average molecular weight is 488 g/mol. The molecule has 9 heteroatoms. The molecule has 0 unspecified atom stereocenters. The molecule has 9 nitrogen and oxygen atoms in total. The molecule has 0 fully saturated rings. The first-order chi connectivity index (χ1) is 17.5. The summed E-state index contributed by atoms with van der Waals surface area (Å²) in [4.78, 5) is 34.2. The quantitative estimate of drug-likeness (QED) is 0.245. The predicted octanol–water partition coefficient (Wildman–Crippen LogP) is 3.80. The number of methoxy groups -OCH3 is 2. The van der Waals surface area contributed by atoms with Gasteiger partial charge in [-0.25, -0.2) is 9.97 Å². The number of benzene rings is 2. The zero-order chi connectivity index (χ0) is 25.5. The maximum Gasteiger partial charge on any atom is 0.223 e. The third-order valence-electron chi connectivity index (χ3n) is 5.32. The Balaban J connectivity index is 1.57. The number of nitrogens with one attached hydrogen (secondary N) is 1. The lowest BCUT2D eigenvalue weighted by Gasteiger charge is -2.17. The van der Waals surface area contributed by atoms with Gasteiger partial charge in [-0.05, 0) is 24.1 Å². The van der Waals surface area contributed by atoms with E-state index in [0.29, 0.717) is 53.6 Å². The first-order valence-corrected chi connectivity index (χ1v) is 11.1. The molecule has 0 spiro atoms. The fourth-order valence-corrected chi connectivity index (χ4v) is 3.56. The van der Waals surface area contributed by atoms with E-state index in [1.54, 1.807) is 37.5 Å². The molecular weight excluding hydrogens is 462 g/mol. The fraction of sp³-hybridized carbons (Fsp3) is 0.185. The van der Waals surface area contributed by atoms with Crippen molar-refractivity contribution in [2.45, 2.75) is 6.42 Å². The minimum Gasteiger partial charge on any atom is -0.493 e. The zero-order valence-corrected chi connectivity index (χ0v) is 19.9. The number of hydrogen-bond acceptors (Lipinski definition) is 9. The van der Waals surface area contributed by atoms with Gasteiger partial charge in [0.2, 0.25) is 11.6 Å². The molecule has 0 saturated carbocycles. The van der Waals surface area contributed by atoms with Crippen molar-refractivity contribution in [1.29, 1.82) is 0 Å². The van der Waals surface area contributed by atoms with Crippen molar-refractivity contribution in [3.8, 4) is 17.2 Å². The Bertz CT molecular complexity index is 1380. The highest BCUT2D eigenvalue weighted by Gasteiger charge is 2.24. The lowest BCUT2D eigenvalue weighted by Crippen LogP contribution is -2.21. The van der Waals surface area contributed by atoms with Crippen molar-refractivity contribution in [2.75, 3.05) is 32.8 Å². The fourth-order valence-electron chi connectivity index (χ4n) is 3.56. The molecule has 1 aliphatic rings. The van der Waals surface area contributed by atoms with Gasteiger partial charge in [0.15, 0.2) is 17.3 Å². The number of ether oxygens (including phenoxy) is 4. The number of allylic oxidation sites excluding steroid dienone is 3. The van der Waals surface area contributed by atoms with Crippen LogP contribution >= 0.6 is 0 Å². The maximum absolute atomic E-state index is 12.9. The number of fused-ring (bicyclic) bond motifs is 1. The maximum atomic E-state index is 12.9. The second-order valence-corrected chi connectivity index (χ2v) is 7.71. The van der Waals surface area contributed by atoms with Crippen LogP contribution in [0.25, 0.3) is 10.9 Å². The summed E-state index contributed by atoms with van der Waals surface area (Å²) >= 11 is 0. The molecule has 0 amide bonds. The molecule has 2 aromatic carbocycles. The van der Waals surface area contributed by atoms with E-state index in [1.165, 1.54) is 25.6 Å². The number of nitrogens with zero attached hydrogens (tertiary/aromatic N) is 2. The summed E-state index contributed by atoms with van der Waals surface area (Å²) in [6.45, 7) is 4.49. The van der Waals surface area contributed by atoms with Crippen LogP contribution in [0.2, 0.25) is 0 Å². The third-order valence-corrected chi connectivity index (χ3v) is 5.32. The molecule has 1 heterocycles. The van der Waals surface area contributed by atoms with Gasteiger partial charge in [0.05, 0.1) is 24.9 Å². The van der Waals surface area contributed by atoms with Gasteiger partial charge in [-0.3, -0.25) is 9.59 Å². The van der Waals surface area contributed by atoms with Crippen LogP contribution in [-0.4, -0.2) is 49.0 Å². The average Bonchev–Trinajstić information content (AvgIpc) is 2.88. The Hall–Kier alpha value is -4.50. The van der Waals surface area contributed by atoms with Crippen LogP contribution in [0.4, 0.5) is 5.82 Å². The van der Waals surface area contributed by atoms with Crippen molar-refractivity contribution >= 4 is 28.3 Å². The monoisotopic (exact) mass is 487 g/mol. The normalized spacial score (nSPS) is 13.2. The highest BCUT2D eigenvalue weighted by atomic mass is 16.5. The summed E-state index contributed by atoms with van der Waals surface area (Å²) in [6, 6.07) is 10.7. The summed E-state index contributed by atoms with van der Waals surface area (Å²) < 4.78 is 22.0. The molecule has 1 aromatic heterocycles. The zero-order valence-electron chi connectivity index (χ0n) is 19.9. The topological polar surface area (TPSA) is 109 Å². The second kappa shape index (κ2) is 11.3. The standard InChI is InChI=1S/C27H25N3O6/c1-4-7-17-8-5-6-9-23(17)36-24-15-21(31)20(13-22(24)32)30-27-18-12-25(34-3)26(35-11-10-33-2)14-19(18)28-16-29-27/h4-6,8-9,12-16H,1,7,10-11H2,2-3H3,(H,28,29,30). The van der Waals surface area contributed by atoms with Crippen molar-refractivity contribution in [1.82, 2.24) is 9.97 Å². The number of rotatable bonds is 11. The molecule has 1 aliphatic carbocycles. The second-order valence-electron chi connectivity index (χ2n) is 7.71. The van der Waals surface area contributed by atoms with Crippen LogP contribution in [0, 0.1) is 0 Å². The van der Waals surface area contributed by atoms with Crippen LogP contribution in [0.1, 0.15) is 5.56 Å². The third kappa shape index (κ3) is 5.42. The number of ketones is 2. The lowest BCUT2D eigenvalue weighted by molar-refractivity contribution is -0.116. The van der Waals surface area contributed by atoms with Gasteiger partial charge in [-0.15, -0.1) is 6.58 Å². The molecule has 3 aromatic rings. The predicted molar refractivity (Wildman–Crippen MR) is 134 cm³/mol. The number of para-hydroxylation sites is 1. The Morgan fingerprint density at radius 2 is 1.81 bits per heavy atom. The smallest absolute Gasteiger partial charge is 0.223 e. The number of aromatic nitrogens is 2. The largest absolute Gasteiger partial charge is 0.493 e. The van der Waals surface area contributed by atoms with Gasteiger partial charge in [0.1, 0.15) is 24.5 Å². The van der Waals surface area contributed by atoms with E-state index in [2.05, 4.69) is 21.9 Å². The summed E-state index contributed by atoms with van der Waals surface area (Å²) in [5.41, 5.74) is 1.48. The van der Waals surface area contributed by atoms with Gasteiger partial charge < -0.3 is 24.3 Å². The Morgan fingerprint density at radius 1 is 0.972 bits per heavy atom. The van der Waals surface area contributed by atoms with Crippen molar-refractivity contribution in [2.24, 2.45) is 0 Å². The minimum atomic E-state index is -0.449. The Kier molecular flexibility index (Phi) is 7.72. The lowest BCUT2D eigenvalue weighted by atomic mass is 10.1. The molecule has 36 heavy (non-hydrogen) atoms. The molecule has 4 rings (SSSR count). The van der Waals surface area contributed by atoms with E-state index in [-0.39, 0.29) is 11.5 Å². The molecule has 0 bridgehead atoms. The highest BCUT2D eigenvalue weighted by Crippen LogP contribution is 2.34. The molecule has 0 saturated heterocycles.